The van der Waals surface area contributed by atoms with E-state index in [0.717, 1.165) is 24.1 Å². The molecule has 3 nitrogen and oxygen atoms in total. The van der Waals surface area contributed by atoms with E-state index in [1.807, 2.05) is 37.3 Å². The van der Waals surface area contributed by atoms with Crippen LogP contribution in [0.1, 0.15) is 83.6 Å². The molecule has 0 bridgehead atoms. The minimum atomic E-state index is 0.00759. The molecule has 2 rings (SSSR count). The summed E-state index contributed by atoms with van der Waals surface area (Å²) in [6, 6.07) is 18.6. The van der Waals surface area contributed by atoms with Gasteiger partial charge in [-0.3, -0.25) is 4.79 Å². The van der Waals surface area contributed by atoms with Gasteiger partial charge in [-0.05, 0) is 30.0 Å². The minimum absolute atomic E-state index is 0.00759. The molecule has 1 N–H and O–H groups in total. The molecule has 2 aromatic rings. The van der Waals surface area contributed by atoms with Gasteiger partial charge in [0.15, 0.2) is 0 Å². The van der Waals surface area contributed by atoms with Crippen molar-refractivity contribution in [3.05, 3.63) is 60.2 Å². The molecule has 3 heteroatoms. The van der Waals surface area contributed by atoms with E-state index in [1.165, 1.54) is 56.1 Å². The number of benzene rings is 2. The maximum Gasteiger partial charge on any atom is 0.240 e. The molecule has 0 saturated carbocycles. The zero-order valence-electron chi connectivity index (χ0n) is 18.1. The summed E-state index contributed by atoms with van der Waals surface area (Å²) in [6.07, 6.45) is 11.9. The van der Waals surface area contributed by atoms with Gasteiger partial charge < -0.3 is 0 Å². The number of unbranched alkanes of at least 4 members (excludes halogenated alkanes) is 8. The smallest absolute Gasteiger partial charge is 0.240 e. The van der Waals surface area contributed by atoms with Crippen LogP contribution in [0.25, 0.3) is 11.1 Å². The average molecular weight is 393 g/mol. The largest absolute Gasteiger partial charge is 0.273 e. The molecule has 0 aliphatic carbocycles. The molecule has 0 fully saturated rings. The molecule has 29 heavy (non-hydrogen) atoms. The molecule has 0 radical (unpaired) electrons. The van der Waals surface area contributed by atoms with Gasteiger partial charge >= 0.3 is 0 Å². The standard InChI is InChI=1S/C26H36N2O/c1-3-4-5-6-7-8-9-10-14-17-26(29)28-27-22(2)23-18-20-25(21-19-23)24-15-12-11-13-16-24/h11-13,15-16,18-21H,3-10,14,17H2,1-2H3,(H,28,29). The van der Waals surface area contributed by atoms with Crippen LogP contribution >= 0.6 is 0 Å². The molecule has 0 spiro atoms. The number of hydrazone groups is 1. The first-order chi connectivity index (χ1) is 14.2. The van der Waals surface area contributed by atoms with Crippen molar-refractivity contribution in [1.82, 2.24) is 5.43 Å². The van der Waals surface area contributed by atoms with E-state index in [0.29, 0.717) is 6.42 Å². The van der Waals surface area contributed by atoms with Crippen molar-refractivity contribution in [3.63, 3.8) is 0 Å². The van der Waals surface area contributed by atoms with Crippen molar-refractivity contribution in [3.8, 4) is 11.1 Å². The lowest BCUT2D eigenvalue weighted by atomic mass is 10.0. The van der Waals surface area contributed by atoms with Crippen LogP contribution in [-0.4, -0.2) is 11.6 Å². The number of nitrogens with zero attached hydrogens (tertiary/aromatic N) is 1. The minimum Gasteiger partial charge on any atom is -0.273 e. The van der Waals surface area contributed by atoms with E-state index < -0.39 is 0 Å². The summed E-state index contributed by atoms with van der Waals surface area (Å²) >= 11 is 0. The van der Waals surface area contributed by atoms with Crippen molar-refractivity contribution in [1.29, 1.82) is 0 Å². The van der Waals surface area contributed by atoms with Gasteiger partial charge in [-0.25, -0.2) is 5.43 Å². The summed E-state index contributed by atoms with van der Waals surface area (Å²) in [4.78, 5) is 12.0. The first kappa shape index (κ1) is 22.9. The number of hydrogen-bond acceptors (Lipinski definition) is 2. The SMILES string of the molecule is CCCCCCCCCCCC(=O)NN=C(C)c1ccc(-c2ccccc2)cc1. The summed E-state index contributed by atoms with van der Waals surface area (Å²) in [5.74, 6) is 0.00759. The number of carbonyl (C=O) groups is 1. The van der Waals surface area contributed by atoms with Gasteiger partial charge in [0.1, 0.15) is 0 Å². The molecule has 2 aromatic carbocycles. The quantitative estimate of drug-likeness (QED) is 0.220. The zero-order chi connectivity index (χ0) is 20.7. The van der Waals surface area contributed by atoms with Crippen molar-refractivity contribution in [2.24, 2.45) is 5.10 Å². The van der Waals surface area contributed by atoms with E-state index in [-0.39, 0.29) is 5.91 Å². The second-order valence-corrected chi connectivity index (χ2v) is 7.75. The average Bonchev–Trinajstić information content (AvgIpc) is 2.77. The summed E-state index contributed by atoms with van der Waals surface area (Å²) in [5, 5.41) is 4.27. The van der Waals surface area contributed by atoms with Crippen LogP contribution in [0.2, 0.25) is 0 Å². The Labute approximate surface area is 176 Å². The highest BCUT2D eigenvalue weighted by Gasteiger charge is 2.03. The predicted molar refractivity (Wildman–Crippen MR) is 124 cm³/mol. The van der Waals surface area contributed by atoms with E-state index >= 15 is 0 Å². The van der Waals surface area contributed by atoms with Crippen LogP contribution < -0.4 is 5.43 Å². The van der Waals surface area contributed by atoms with Crippen molar-refractivity contribution in [2.45, 2.75) is 78.1 Å². The highest BCUT2D eigenvalue weighted by Crippen LogP contribution is 2.19. The van der Waals surface area contributed by atoms with Crippen LogP contribution in [0.15, 0.2) is 59.7 Å². The zero-order valence-corrected chi connectivity index (χ0v) is 18.1. The fourth-order valence-electron chi connectivity index (χ4n) is 3.40. The number of hydrogen-bond donors (Lipinski definition) is 1. The summed E-state index contributed by atoms with van der Waals surface area (Å²) in [7, 11) is 0. The number of amides is 1. The topological polar surface area (TPSA) is 41.5 Å². The third kappa shape index (κ3) is 9.08. The monoisotopic (exact) mass is 392 g/mol. The predicted octanol–water partition coefficient (Wildman–Crippen LogP) is 7.11. The van der Waals surface area contributed by atoms with Gasteiger partial charge in [-0.1, -0.05) is 113 Å². The summed E-state index contributed by atoms with van der Waals surface area (Å²) < 4.78 is 0. The van der Waals surface area contributed by atoms with Gasteiger partial charge in [0, 0.05) is 6.42 Å². The lowest BCUT2D eigenvalue weighted by molar-refractivity contribution is -0.121. The second kappa shape index (κ2) is 13.7. The maximum absolute atomic E-state index is 12.0. The van der Waals surface area contributed by atoms with Crippen molar-refractivity contribution < 1.29 is 4.79 Å². The number of nitrogens with one attached hydrogen (secondary N) is 1. The van der Waals surface area contributed by atoms with Gasteiger partial charge in [0.2, 0.25) is 5.91 Å². The van der Waals surface area contributed by atoms with Crippen LogP contribution in [0.3, 0.4) is 0 Å². The maximum atomic E-state index is 12.0. The molecular formula is C26H36N2O. The Balaban J connectivity index is 1.65. The molecule has 1 amide bonds. The highest BCUT2D eigenvalue weighted by atomic mass is 16.2. The van der Waals surface area contributed by atoms with Gasteiger partial charge in [-0.15, -0.1) is 0 Å². The van der Waals surface area contributed by atoms with E-state index in [4.69, 9.17) is 0 Å². The van der Waals surface area contributed by atoms with Crippen LogP contribution in [0.4, 0.5) is 0 Å². The van der Waals surface area contributed by atoms with Gasteiger partial charge in [0.05, 0.1) is 5.71 Å². The van der Waals surface area contributed by atoms with E-state index in [2.05, 4.69) is 41.7 Å². The van der Waals surface area contributed by atoms with E-state index in [1.54, 1.807) is 0 Å². The third-order valence-electron chi connectivity index (χ3n) is 5.27. The molecule has 0 aromatic heterocycles. The Morgan fingerprint density at radius 2 is 1.31 bits per heavy atom. The van der Waals surface area contributed by atoms with Crippen molar-refractivity contribution in [2.75, 3.05) is 0 Å². The first-order valence-corrected chi connectivity index (χ1v) is 11.2. The van der Waals surface area contributed by atoms with Gasteiger partial charge in [0.25, 0.3) is 0 Å². The normalized spacial score (nSPS) is 11.4. The lowest BCUT2D eigenvalue weighted by Crippen LogP contribution is -2.18. The van der Waals surface area contributed by atoms with Crippen LogP contribution in [0.5, 0.6) is 0 Å². The van der Waals surface area contributed by atoms with Crippen LogP contribution in [-0.2, 0) is 4.79 Å². The fourth-order valence-corrected chi connectivity index (χ4v) is 3.40. The molecule has 0 unspecified atom stereocenters. The third-order valence-corrected chi connectivity index (χ3v) is 5.27. The van der Waals surface area contributed by atoms with E-state index in [9.17, 15) is 4.79 Å². The molecule has 0 heterocycles. The second-order valence-electron chi connectivity index (χ2n) is 7.75. The summed E-state index contributed by atoms with van der Waals surface area (Å²) in [6.45, 7) is 4.18. The number of rotatable bonds is 13. The van der Waals surface area contributed by atoms with Gasteiger partial charge in [-0.2, -0.15) is 5.10 Å². The first-order valence-electron chi connectivity index (χ1n) is 11.2. The van der Waals surface area contributed by atoms with Crippen molar-refractivity contribution >= 4 is 11.6 Å². The molecule has 0 aliphatic rings. The highest BCUT2D eigenvalue weighted by molar-refractivity contribution is 5.99. The molecular weight excluding hydrogens is 356 g/mol. The molecule has 0 atom stereocenters. The Morgan fingerprint density at radius 1 is 0.759 bits per heavy atom. The number of carbonyl (C=O) groups excluding carboxylic acids is 1. The Kier molecular flexibility index (Phi) is 10.8. The molecule has 0 saturated heterocycles. The Bertz CT molecular complexity index is 735. The Hall–Kier alpha value is -2.42. The summed E-state index contributed by atoms with van der Waals surface area (Å²) in [5.41, 5.74) is 6.92. The molecule has 0 aliphatic heterocycles. The molecule has 156 valence electrons. The Morgan fingerprint density at radius 3 is 1.93 bits per heavy atom. The van der Waals surface area contributed by atoms with Crippen LogP contribution in [0, 0.1) is 0 Å². The lowest BCUT2D eigenvalue weighted by Gasteiger charge is -2.06. The fraction of sp³-hybridized carbons (Fsp3) is 0.462.